The molecule has 1 saturated heterocycles. The summed E-state index contributed by atoms with van der Waals surface area (Å²) in [6, 6.07) is 4.07. The molecule has 0 saturated carbocycles. The Hall–Kier alpha value is -0.770. The molecule has 2 atom stereocenters. The van der Waals surface area contributed by atoms with E-state index in [1.807, 2.05) is 19.1 Å². The zero-order chi connectivity index (χ0) is 12.2. The lowest BCUT2D eigenvalue weighted by molar-refractivity contribution is 0.0924. The number of fused-ring (bicyclic) bond motifs is 3. The first-order valence-corrected chi connectivity index (χ1v) is 6.30. The number of aryl methyl sites for hydroxylation is 1. The van der Waals surface area contributed by atoms with Crippen molar-refractivity contribution in [2.75, 3.05) is 13.1 Å². The summed E-state index contributed by atoms with van der Waals surface area (Å²) >= 11 is 12.2. The van der Waals surface area contributed by atoms with Crippen LogP contribution in [0.1, 0.15) is 27.4 Å². The van der Waals surface area contributed by atoms with Gasteiger partial charge in [0.15, 0.2) is 0 Å². The van der Waals surface area contributed by atoms with Gasteiger partial charge in [0.05, 0.1) is 16.6 Å². The smallest absolute Gasteiger partial charge is 0.253 e. The molecule has 0 bridgehead atoms. The predicted octanol–water partition coefficient (Wildman–Crippen LogP) is 2.31. The van der Waals surface area contributed by atoms with Gasteiger partial charge in [-0.25, -0.2) is 4.42 Å². The Balaban J connectivity index is 2.15. The predicted molar refractivity (Wildman–Crippen MR) is 67.6 cm³/mol. The highest BCUT2D eigenvalue weighted by Gasteiger charge is 2.40. The monoisotopic (exact) mass is 270 g/mol. The summed E-state index contributed by atoms with van der Waals surface area (Å²) in [7, 11) is 0. The van der Waals surface area contributed by atoms with Crippen molar-refractivity contribution in [3.05, 3.63) is 33.8 Å². The SMILES string of the molecule is Cc1ccc2c(c1Cl)C(=O)N[C@@H]1CN(Cl)C[C@@H]21. The summed E-state index contributed by atoms with van der Waals surface area (Å²) in [6.45, 7) is 3.34. The highest BCUT2D eigenvalue weighted by atomic mass is 35.5. The Morgan fingerprint density at radius 3 is 2.94 bits per heavy atom. The van der Waals surface area contributed by atoms with Crippen LogP contribution in [0.5, 0.6) is 0 Å². The standard InChI is InChI=1S/C12H12Cl2N2O/c1-6-2-3-7-8-4-16(14)5-9(8)15-12(17)10(7)11(6)13/h2-3,8-9H,4-5H2,1H3,(H,15,17)/t8-,9+/m0/s1. The third-order valence-corrected chi connectivity index (χ3v) is 4.35. The average Bonchev–Trinajstić information content (AvgIpc) is 2.63. The Labute approximate surface area is 110 Å². The molecule has 2 aliphatic rings. The number of halogens is 2. The maximum atomic E-state index is 12.1. The van der Waals surface area contributed by atoms with Gasteiger partial charge in [0, 0.05) is 19.0 Å². The van der Waals surface area contributed by atoms with Gasteiger partial charge in [0.25, 0.3) is 5.91 Å². The molecule has 1 amide bonds. The number of carbonyl (C=O) groups excluding carboxylic acids is 1. The fourth-order valence-corrected chi connectivity index (χ4v) is 3.25. The van der Waals surface area contributed by atoms with Crippen molar-refractivity contribution < 1.29 is 4.79 Å². The largest absolute Gasteiger partial charge is 0.347 e. The quantitative estimate of drug-likeness (QED) is 0.734. The average molecular weight is 271 g/mol. The van der Waals surface area contributed by atoms with Crippen LogP contribution in [0.2, 0.25) is 5.02 Å². The number of hydrogen-bond acceptors (Lipinski definition) is 2. The second-order valence-corrected chi connectivity index (χ2v) is 5.53. The van der Waals surface area contributed by atoms with Gasteiger partial charge < -0.3 is 5.32 Å². The Morgan fingerprint density at radius 1 is 1.41 bits per heavy atom. The third kappa shape index (κ3) is 1.65. The minimum Gasteiger partial charge on any atom is -0.347 e. The molecule has 2 heterocycles. The van der Waals surface area contributed by atoms with E-state index >= 15 is 0 Å². The molecule has 1 aromatic carbocycles. The number of carbonyl (C=O) groups is 1. The lowest BCUT2D eigenvalue weighted by atomic mass is 9.85. The molecule has 90 valence electrons. The van der Waals surface area contributed by atoms with Crippen LogP contribution in [-0.2, 0) is 0 Å². The van der Waals surface area contributed by atoms with Crippen LogP contribution in [0.3, 0.4) is 0 Å². The lowest BCUT2D eigenvalue weighted by Crippen LogP contribution is -2.44. The van der Waals surface area contributed by atoms with Crippen molar-refractivity contribution in [1.82, 2.24) is 9.74 Å². The second-order valence-electron chi connectivity index (χ2n) is 4.67. The van der Waals surface area contributed by atoms with Crippen LogP contribution >= 0.6 is 23.4 Å². The summed E-state index contributed by atoms with van der Waals surface area (Å²) in [5.41, 5.74) is 2.58. The van der Waals surface area contributed by atoms with Crippen molar-refractivity contribution in [2.45, 2.75) is 18.9 Å². The van der Waals surface area contributed by atoms with E-state index in [-0.39, 0.29) is 17.9 Å². The number of rotatable bonds is 0. The fourth-order valence-electron chi connectivity index (χ4n) is 2.69. The van der Waals surface area contributed by atoms with Crippen LogP contribution in [0.25, 0.3) is 0 Å². The zero-order valence-electron chi connectivity index (χ0n) is 9.34. The third-order valence-electron chi connectivity index (χ3n) is 3.59. The van der Waals surface area contributed by atoms with Gasteiger partial charge >= 0.3 is 0 Å². The summed E-state index contributed by atoms with van der Waals surface area (Å²) in [5, 5.41) is 3.55. The van der Waals surface area contributed by atoms with Crippen LogP contribution in [0, 0.1) is 6.92 Å². The van der Waals surface area contributed by atoms with E-state index in [0.29, 0.717) is 17.1 Å². The first-order chi connectivity index (χ1) is 8.08. The molecular formula is C12H12Cl2N2O. The maximum Gasteiger partial charge on any atom is 0.253 e. The molecule has 1 aromatic rings. The Kier molecular flexibility index (Phi) is 2.58. The van der Waals surface area contributed by atoms with Crippen molar-refractivity contribution in [2.24, 2.45) is 0 Å². The summed E-state index contributed by atoms with van der Waals surface area (Å²) in [6.07, 6.45) is 0. The van der Waals surface area contributed by atoms with E-state index in [2.05, 4.69) is 5.32 Å². The first-order valence-electron chi connectivity index (χ1n) is 5.58. The molecule has 2 aliphatic heterocycles. The molecule has 0 aromatic heterocycles. The van der Waals surface area contributed by atoms with Crippen molar-refractivity contribution >= 4 is 29.3 Å². The van der Waals surface area contributed by atoms with E-state index in [0.717, 1.165) is 17.7 Å². The number of benzene rings is 1. The van der Waals surface area contributed by atoms with Crippen LogP contribution < -0.4 is 5.32 Å². The first kappa shape index (κ1) is 11.3. The molecule has 1 N–H and O–H groups in total. The minimum atomic E-state index is -0.0816. The van der Waals surface area contributed by atoms with Gasteiger partial charge in [-0.3, -0.25) is 4.79 Å². The van der Waals surface area contributed by atoms with Gasteiger partial charge in [0.2, 0.25) is 0 Å². The van der Waals surface area contributed by atoms with Gasteiger partial charge in [-0.1, -0.05) is 23.7 Å². The van der Waals surface area contributed by atoms with E-state index < -0.39 is 0 Å². The summed E-state index contributed by atoms with van der Waals surface area (Å²) in [4.78, 5) is 12.1. The van der Waals surface area contributed by atoms with Crippen molar-refractivity contribution in [3.8, 4) is 0 Å². The molecule has 17 heavy (non-hydrogen) atoms. The van der Waals surface area contributed by atoms with Crippen molar-refractivity contribution in [3.63, 3.8) is 0 Å². The van der Waals surface area contributed by atoms with Crippen LogP contribution in [-0.4, -0.2) is 29.5 Å². The molecule has 0 spiro atoms. The number of amides is 1. The summed E-state index contributed by atoms with van der Waals surface area (Å²) < 4.78 is 1.72. The topological polar surface area (TPSA) is 32.3 Å². The fraction of sp³-hybridized carbons (Fsp3) is 0.417. The Bertz CT molecular complexity index is 504. The number of nitrogens with zero attached hydrogens (tertiary/aromatic N) is 1. The second kappa shape index (κ2) is 3.87. The van der Waals surface area contributed by atoms with Gasteiger partial charge in [-0.15, -0.1) is 0 Å². The molecule has 1 fully saturated rings. The van der Waals surface area contributed by atoms with Crippen molar-refractivity contribution in [1.29, 1.82) is 0 Å². The molecule has 0 radical (unpaired) electrons. The molecule has 3 rings (SSSR count). The van der Waals surface area contributed by atoms with Gasteiger partial charge in [-0.2, -0.15) is 0 Å². The van der Waals surface area contributed by atoms with E-state index in [4.69, 9.17) is 23.4 Å². The highest BCUT2D eigenvalue weighted by Crippen LogP contribution is 2.38. The molecular weight excluding hydrogens is 259 g/mol. The van der Waals surface area contributed by atoms with E-state index in [1.54, 1.807) is 4.42 Å². The van der Waals surface area contributed by atoms with E-state index in [1.165, 1.54) is 0 Å². The van der Waals surface area contributed by atoms with Gasteiger partial charge in [0.1, 0.15) is 0 Å². The summed E-state index contributed by atoms with van der Waals surface area (Å²) in [5.74, 6) is 0.167. The maximum absolute atomic E-state index is 12.1. The van der Waals surface area contributed by atoms with E-state index in [9.17, 15) is 4.79 Å². The minimum absolute atomic E-state index is 0.0816. The lowest BCUT2D eigenvalue weighted by Gasteiger charge is -2.28. The molecule has 0 unspecified atom stereocenters. The number of nitrogens with one attached hydrogen (secondary N) is 1. The molecule has 0 aliphatic carbocycles. The van der Waals surface area contributed by atoms with Crippen LogP contribution in [0.15, 0.2) is 12.1 Å². The normalized spacial score (nSPS) is 27.6. The highest BCUT2D eigenvalue weighted by molar-refractivity contribution is 6.35. The number of hydrogen-bond donors (Lipinski definition) is 1. The molecule has 3 nitrogen and oxygen atoms in total. The Morgan fingerprint density at radius 2 is 2.18 bits per heavy atom. The van der Waals surface area contributed by atoms with Gasteiger partial charge in [-0.05, 0) is 29.8 Å². The zero-order valence-corrected chi connectivity index (χ0v) is 10.8. The molecule has 5 heteroatoms. The van der Waals surface area contributed by atoms with Crippen LogP contribution in [0.4, 0.5) is 0 Å².